The molecule has 1 saturated heterocycles. The largest absolute Gasteiger partial charge is 0.340 e. The van der Waals surface area contributed by atoms with E-state index in [4.69, 9.17) is 0 Å². The van der Waals surface area contributed by atoms with Crippen LogP contribution in [0.25, 0.3) is 0 Å². The van der Waals surface area contributed by atoms with Crippen LogP contribution in [-0.4, -0.2) is 62.8 Å². The van der Waals surface area contributed by atoms with Crippen molar-refractivity contribution in [3.05, 3.63) is 30.1 Å². The van der Waals surface area contributed by atoms with E-state index in [-0.39, 0.29) is 29.8 Å². The molecule has 1 aromatic carbocycles. The van der Waals surface area contributed by atoms with Crippen molar-refractivity contribution in [1.29, 1.82) is 0 Å². The maximum atomic E-state index is 13.0. The van der Waals surface area contributed by atoms with Gasteiger partial charge in [-0.25, -0.2) is 12.8 Å². The zero-order valence-corrected chi connectivity index (χ0v) is 16.2. The van der Waals surface area contributed by atoms with Crippen LogP contribution >= 0.6 is 12.4 Å². The molecular weight excluding hydrogens is 381 g/mol. The van der Waals surface area contributed by atoms with E-state index in [1.54, 1.807) is 4.90 Å². The number of amides is 1. The fourth-order valence-electron chi connectivity index (χ4n) is 2.96. The Hall–Kier alpha value is -1.22. The summed E-state index contributed by atoms with van der Waals surface area (Å²) in [4.78, 5) is 14.1. The Bertz CT molecular complexity index is 710. The van der Waals surface area contributed by atoms with E-state index in [1.165, 1.54) is 29.3 Å². The molecular formula is C17H25ClFN3O3S. The lowest BCUT2D eigenvalue weighted by Crippen LogP contribution is -2.41. The topological polar surface area (TPSA) is 69.7 Å². The molecule has 0 radical (unpaired) electrons. The van der Waals surface area contributed by atoms with E-state index in [0.717, 1.165) is 18.7 Å². The molecule has 0 unspecified atom stereocenters. The fraction of sp³-hybridized carbons (Fsp3) is 0.588. The predicted molar refractivity (Wildman–Crippen MR) is 99.2 cm³/mol. The number of hydrogen-bond acceptors (Lipinski definition) is 4. The lowest BCUT2D eigenvalue weighted by Gasteiger charge is -2.22. The number of rotatable bonds is 6. The van der Waals surface area contributed by atoms with Gasteiger partial charge in [-0.2, -0.15) is 4.31 Å². The summed E-state index contributed by atoms with van der Waals surface area (Å²) >= 11 is 0. The molecule has 0 aromatic heterocycles. The van der Waals surface area contributed by atoms with Crippen molar-refractivity contribution in [2.24, 2.45) is 5.92 Å². The Kier molecular flexibility index (Phi) is 7.40. The van der Waals surface area contributed by atoms with E-state index < -0.39 is 15.8 Å². The molecule has 0 spiro atoms. The van der Waals surface area contributed by atoms with Crippen molar-refractivity contribution < 1.29 is 17.6 Å². The number of halogens is 2. The second kappa shape index (κ2) is 9.12. The monoisotopic (exact) mass is 405 g/mol. The van der Waals surface area contributed by atoms with Gasteiger partial charge in [0.05, 0.1) is 11.4 Å². The van der Waals surface area contributed by atoms with Gasteiger partial charge in [-0.1, -0.05) is 0 Å². The summed E-state index contributed by atoms with van der Waals surface area (Å²) in [6.45, 7) is 2.74. The van der Waals surface area contributed by atoms with Gasteiger partial charge in [-0.05, 0) is 56.0 Å². The molecule has 1 amide bonds. The third kappa shape index (κ3) is 5.39. The van der Waals surface area contributed by atoms with Crippen LogP contribution in [0.2, 0.25) is 0 Å². The molecule has 1 aliphatic carbocycles. The first-order valence-electron chi connectivity index (χ1n) is 8.71. The summed E-state index contributed by atoms with van der Waals surface area (Å²) in [6, 6.07) is 4.85. The van der Waals surface area contributed by atoms with Gasteiger partial charge in [0.2, 0.25) is 15.9 Å². The molecule has 0 bridgehead atoms. The van der Waals surface area contributed by atoms with Crippen LogP contribution in [0.5, 0.6) is 0 Å². The SMILES string of the molecule is Cl.O=C(CNCC1CC1)N1CCCN(S(=O)(=O)c2ccc(F)cc2)CC1. The molecule has 146 valence electrons. The third-order valence-corrected chi connectivity index (χ3v) is 6.58. The average Bonchev–Trinajstić information content (AvgIpc) is 3.41. The van der Waals surface area contributed by atoms with Gasteiger partial charge in [0.1, 0.15) is 5.82 Å². The summed E-state index contributed by atoms with van der Waals surface area (Å²) in [5.74, 6) is 0.264. The fourth-order valence-corrected chi connectivity index (χ4v) is 4.43. The van der Waals surface area contributed by atoms with Crippen LogP contribution in [0.3, 0.4) is 0 Å². The average molecular weight is 406 g/mol. The first-order valence-corrected chi connectivity index (χ1v) is 10.1. The highest BCUT2D eigenvalue weighted by Crippen LogP contribution is 2.27. The van der Waals surface area contributed by atoms with Crippen molar-refractivity contribution in [3.8, 4) is 0 Å². The van der Waals surface area contributed by atoms with E-state index in [2.05, 4.69) is 5.32 Å². The molecule has 0 atom stereocenters. The molecule has 2 aliphatic rings. The number of sulfonamides is 1. The van der Waals surface area contributed by atoms with Crippen molar-refractivity contribution in [1.82, 2.24) is 14.5 Å². The van der Waals surface area contributed by atoms with Crippen molar-refractivity contribution >= 4 is 28.3 Å². The molecule has 1 aromatic rings. The molecule has 2 fully saturated rings. The second-order valence-electron chi connectivity index (χ2n) is 6.67. The van der Waals surface area contributed by atoms with E-state index in [0.29, 0.717) is 38.5 Å². The number of hydrogen-bond donors (Lipinski definition) is 1. The number of nitrogens with zero attached hydrogens (tertiary/aromatic N) is 2. The molecule has 6 nitrogen and oxygen atoms in total. The minimum Gasteiger partial charge on any atom is -0.340 e. The van der Waals surface area contributed by atoms with Gasteiger partial charge >= 0.3 is 0 Å². The van der Waals surface area contributed by atoms with Crippen LogP contribution in [0, 0.1) is 11.7 Å². The van der Waals surface area contributed by atoms with Gasteiger partial charge in [-0.15, -0.1) is 12.4 Å². The lowest BCUT2D eigenvalue weighted by molar-refractivity contribution is -0.130. The zero-order valence-electron chi connectivity index (χ0n) is 14.6. The molecule has 1 aliphatic heterocycles. The Labute approximate surface area is 160 Å². The summed E-state index contributed by atoms with van der Waals surface area (Å²) in [5.41, 5.74) is 0. The molecule has 3 rings (SSSR count). The maximum Gasteiger partial charge on any atom is 0.243 e. The maximum absolute atomic E-state index is 13.0. The van der Waals surface area contributed by atoms with Crippen LogP contribution < -0.4 is 5.32 Å². The second-order valence-corrected chi connectivity index (χ2v) is 8.60. The smallest absolute Gasteiger partial charge is 0.243 e. The normalized spacial score (nSPS) is 18.9. The van der Waals surface area contributed by atoms with Crippen LogP contribution in [0.4, 0.5) is 4.39 Å². The lowest BCUT2D eigenvalue weighted by atomic mass is 10.3. The minimum absolute atomic E-state index is 0. The summed E-state index contributed by atoms with van der Waals surface area (Å²) in [6.07, 6.45) is 3.07. The van der Waals surface area contributed by atoms with Gasteiger partial charge in [0, 0.05) is 26.2 Å². The van der Waals surface area contributed by atoms with E-state index in [1.807, 2.05) is 0 Å². The van der Waals surface area contributed by atoms with Gasteiger partial charge in [0.15, 0.2) is 0 Å². The van der Waals surface area contributed by atoms with Crippen LogP contribution in [-0.2, 0) is 14.8 Å². The highest BCUT2D eigenvalue weighted by molar-refractivity contribution is 7.89. The third-order valence-electron chi connectivity index (χ3n) is 4.67. The zero-order chi connectivity index (χ0) is 17.9. The van der Waals surface area contributed by atoms with E-state index >= 15 is 0 Å². The van der Waals surface area contributed by atoms with Crippen LogP contribution in [0.15, 0.2) is 29.2 Å². The number of nitrogens with one attached hydrogen (secondary N) is 1. The van der Waals surface area contributed by atoms with Crippen LogP contribution in [0.1, 0.15) is 19.3 Å². The van der Waals surface area contributed by atoms with Crippen molar-refractivity contribution in [2.75, 3.05) is 39.3 Å². The molecule has 1 N–H and O–H groups in total. The Morgan fingerprint density at radius 3 is 2.46 bits per heavy atom. The Morgan fingerprint density at radius 2 is 1.81 bits per heavy atom. The number of carbonyl (C=O) groups excluding carboxylic acids is 1. The molecule has 1 saturated carbocycles. The predicted octanol–water partition coefficient (Wildman–Crippen LogP) is 1.47. The van der Waals surface area contributed by atoms with Gasteiger partial charge in [-0.3, -0.25) is 4.79 Å². The quantitative estimate of drug-likeness (QED) is 0.778. The molecule has 1 heterocycles. The number of carbonyl (C=O) groups is 1. The standard InChI is InChI=1S/C17H24FN3O3S.ClH/c18-15-4-6-16(7-5-15)25(23,24)21-9-1-8-20(10-11-21)17(22)13-19-12-14-2-3-14;/h4-7,14,19H,1-3,8-13H2;1H. The number of benzene rings is 1. The van der Waals surface area contributed by atoms with Crippen molar-refractivity contribution in [2.45, 2.75) is 24.2 Å². The van der Waals surface area contributed by atoms with Crippen molar-refractivity contribution in [3.63, 3.8) is 0 Å². The van der Waals surface area contributed by atoms with Gasteiger partial charge in [0.25, 0.3) is 0 Å². The highest BCUT2D eigenvalue weighted by atomic mass is 35.5. The first kappa shape index (κ1) is 21.1. The minimum atomic E-state index is -3.66. The summed E-state index contributed by atoms with van der Waals surface area (Å²) < 4.78 is 39.7. The van der Waals surface area contributed by atoms with E-state index in [9.17, 15) is 17.6 Å². The molecule has 9 heteroatoms. The summed E-state index contributed by atoms with van der Waals surface area (Å²) in [7, 11) is -3.66. The van der Waals surface area contributed by atoms with Gasteiger partial charge < -0.3 is 10.2 Å². The highest BCUT2D eigenvalue weighted by Gasteiger charge is 2.28. The summed E-state index contributed by atoms with van der Waals surface area (Å²) in [5, 5.41) is 3.18. The first-order chi connectivity index (χ1) is 12.0. The Balaban J connectivity index is 0.00000243. The molecule has 26 heavy (non-hydrogen) atoms. The Morgan fingerprint density at radius 1 is 1.12 bits per heavy atom.